The predicted molar refractivity (Wildman–Crippen MR) is 151 cm³/mol. The number of hydrogen-bond acceptors (Lipinski definition) is 8. The Morgan fingerprint density at radius 3 is 2.24 bits per heavy atom. The van der Waals surface area contributed by atoms with Gasteiger partial charge in [-0.15, -0.1) is 5.10 Å². The topological polar surface area (TPSA) is 66.8 Å². The first-order chi connectivity index (χ1) is 18.4. The van der Waals surface area contributed by atoms with Crippen LogP contribution < -0.4 is 24.3 Å². The minimum absolute atomic E-state index is 0.180. The first-order valence-electron chi connectivity index (χ1n) is 12.2. The van der Waals surface area contributed by atoms with Crippen LogP contribution in [0.25, 0.3) is 0 Å². The monoisotopic (exact) mass is 554 g/mol. The highest BCUT2D eigenvalue weighted by molar-refractivity contribution is 6.44. The molecule has 2 heterocycles. The Hall–Kier alpha value is -3.46. The zero-order valence-electron chi connectivity index (χ0n) is 21.4. The first kappa shape index (κ1) is 26.2. The van der Waals surface area contributed by atoms with Gasteiger partial charge in [0.15, 0.2) is 29.3 Å². The zero-order valence-corrected chi connectivity index (χ0v) is 22.9. The molecule has 0 N–H and O–H groups in total. The van der Waals surface area contributed by atoms with Gasteiger partial charge in [0.25, 0.3) is 0 Å². The summed E-state index contributed by atoms with van der Waals surface area (Å²) in [5.41, 5.74) is 3.27. The molecule has 0 amide bonds. The van der Waals surface area contributed by atoms with Gasteiger partial charge in [0.1, 0.15) is 0 Å². The number of halogens is 2. The van der Waals surface area contributed by atoms with E-state index in [0.717, 1.165) is 35.7 Å². The molecular weight excluding hydrogens is 527 g/mol. The van der Waals surface area contributed by atoms with Gasteiger partial charge in [-0.3, -0.25) is 9.69 Å². The van der Waals surface area contributed by atoms with Crippen molar-refractivity contribution in [3.63, 3.8) is 0 Å². The van der Waals surface area contributed by atoms with Crippen molar-refractivity contribution in [3.05, 3.63) is 76.3 Å². The van der Waals surface area contributed by atoms with Crippen molar-refractivity contribution in [3.8, 4) is 11.5 Å². The third-order valence-electron chi connectivity index (χ3n) is 6.58. The molecule has 0 radical (unpaired) electrons. The molecule has 1 fully saturated rings. The van der Waals surface area contributed by atoms with E-state index >= 15 is 0 Å². The zero-order chi connectivity index (χ0) is 26.8. The van der Waals surface area contributed by atoms with E-state index in [1.165, 1.54) is 6.92 Å². The normalized spacial score (nSPS) is 17.4. The van der Waals surface area contributed by atoms with Crippen molar-refractivity contribution in [2.45, 2.75) is 13.1 Å². The molecule has 0 bridgehead atoms. The van der Waals surface area contributed by atoms with E-state index in [1.54, 1.807) is 31.4 Å². The van der Waals surface area contributed by atoms with Crippen molar-refractivity contribution in [2.24, 2.45) is 5.10 Å². The van der Waals surface area contributed by atoms with Gasteiger partial charge in [0, 0.05) is 36.3 Å². The van der Waals surface area contributed by atoms with Crippen LogP contribution in [0, 0.1) is 0 Å². The SMILES string of the molecule is COc1ccc([C@@H]2N(c3ccc(Cl)cc3)N=C(C(C)=O)N2c2ccc(N3CCOCC3)c(Cl)c2)cc1OC. The lowest BCUT2D eigenvalue weighted by Crippen LogP contribution is -2.38. The number of ketones is 1. The molecule has 0 unspecified atom stereocenters. The maximum atomic E-state index is 12.9. The molecule has 3 aromatic rings. The van der Waals surface area contributed by atoms with E-state index in [2.05, 4.69) is 4.90 Å². The van der Waals surface area contributed by atoms with Crippen molar-refractivity contribution in [2.75, 3.05) is 55.3 Å². The summed E-state index contributed by atoms with van der Waals surface area (Å²) in [6, 6.07) is 18.8. The maximum Gasteiger partial charge on any atom is 0.198 e. The number of hydrazone groups is 1. The van der Waals surface area contributed by atoms with Crippen LogP contribution in [0.3, 0.4) is 0 Å². The summed E-state index contributed by atoms with van der Waals surface area (Å²) < 4.78 is 16.5. The highest BCUT2D eigenvalue weighted by atomic mass is 35.5. The molecule has 5 rings (SSSR count). The van der Waals surface area contributed by atoms with Crippen LogP contribution in [0.5, 0.6) is 11.5 Å². The second-order valence-corrected chi connectivity index (χ2v) is 9.74. The van der Waals surface area contributed by atoms with Gasteiger partial charge in [-0.2, -0.15) is 0 Å². The average molecular weight is 555 g/mol. The first-order valence-corrected chi connectivity index (χ1v) is 12.9. The van der Waals surface area contributed by atoms with Crippen LogP contribution in [-0.4, -0.2) is 52.1 Å². The van der Waals surface area contributed by atoms with Crippen LogP contribution in [0.1, 0.15) is 18.7 Å². The van der Waals surface area contributed by atoms with Gasteiger partial charge in [0.2, 0.25) is 0 Å². The van der Waals surface area contributed by atoms with Gasteiger partial charge >= 0.3 is 0 Å². The number of carbonyl (C=O) groups is 1. The molecular formula is C28H28Cl2N4O4. The van der Waals surface area contributed by atoms with E-state index in [1.807, 2.05) is 53.4 Å². The molecule has 3 aromatic carbocycles. The number of amidine groups is 1. The van der Waals surface area contributed by atoms with Crippen LogP contribution in [0.2, 0.25) is 10.0 Å². The quantitative estimate of drug-likeness (QED) is 0.367. The fraction of sp³-hybridized carbons (Fsp3) is 0.286. The Labute approximate surface area is 231 Å². The van der Waals surface area contributed by atoms with Crippen molar-refractivity contribution in [1.82, 2.24) is 0 Å². The van der Waals surface area contributed by atoms with Crippen LogP contribution in [0.15, 0.2) is 65.8 Å². The molecule has 8 nitrogen and oxygen atoms in total. The predicted octanol–water partition coefficient (Wildman–Crippen LogP) is 5.78. The van der Waals surface area contributed by atoms with Crippen molar-refractivity contribution >= 4 is 51.9 Å². The number of Topliss-reactive ketones (excluding diaryl/α,β-unsaturated/α-hetero) is 1. The molecule has 2 aliphatic rings. The van der Waals surface area contributed by atoms with Gasteiger partial charge in [-0.25, -0.2) is 5.01 Å². The standard InChI is InChI=1S/C28H28Cl2N4O4/c1-18(35)27-31-34(21-7-5-20(29)6-8-21)28(19-4-11-25(36-2)26(16-19)37-3)33(27)22-9-10-24(23(30)17-22)32-12-14-38-15-13-32/h4-11,16-17,28H,12-15H2,1-3H3/t28-/m0/s1. The lowest BCUT2D eigenvalue weighted by atomic mass is 10.1. The number of ether oxygens (including phenoxy) is 3. The summed E-state index contributed by atoms with van der Waals surface area (Å²) in [5, 5.41) is 7.78. The number of rotatable bonds is 7. The van der Waals surface area contributed by atoms with E-state index in [4.69, 9.17) is 42.5 Å². The summed E-state index contributed by atoms with van der Waals surface area (Å²) in [4.78, 5) is 17.0. The number of morpholine rings is 1. The minimum atomic E-state index is -0.514. The molecule has 0 spiro atoms. The van der Waals surface area contributed by atoms with Gasteiger partial charge in [-0.05, 0) is 54.6 Å². The van der Waals surface area contributed by atoms with E-state index < -0.39 is 6.17 Å². The lowest BCUT2D eigenvalue weighted by Gasteiger charge is -2.33. The summed E-state index contributed by atoms with van der Waals surface area (Å²) >= 11 is 13.0. The van der Waals surface area contributed by atoms with Crippen LogP contribution in [-0.2, 0) is 9.53 Å². The second-order valence-electron chi connectivity index (χ2n) is 8.89. The smallest absolute Gasteiger partial charge is 0.198 e. The second kappa shape index (κ2) is 11.1. The Balaban J connectivity index is 1.63. The Morgan fingerprint density at radius 1 is 0.921 bits per heavy atom. The number of anilines is 3. The molecule has 0 saturated carbocycles. The molecule has 2 aliphatic heterocycles. The van der Waals surface area contributed by atoms with Gasteiger partial charge < -0.3 is 19.1 Å². The van der Waals surface area contributed by atoms with Crippen LogP contribution >= 0.6 is 23.2 Å². The lowest BCUT2D eigenvalue weighted by molar-refractivity contribution is -0.111. The third-order valence-corrected chi connectivity index (χ3v) is 7.13. The van der Waals surface area contributed by atoms with Crippen molar-refractivity contribution < 1.29 is 19.0 Å². The molecule has 0 aromatic heterocycles. The van der Waals surface area contributed by atoms with E-state index in [0.29, 0.717) is 34.8 Å². The molecule has 1 saturated heterocycles. The van der Waals surface area contributed by atoms with Crippen molar-refractivity contribution in [1.29, 1.82) is 0 Å². The highest BCUT2D eigenvalue weighted by Crippen LogP contribution is 2.43. The fourth-order valence-corrected chi connectivity index (χ4v) is 5.16. The Morgan fingerprint density at radius 2 is 1.61 bits per heavy atom. The van der Waals surface area contributed by atoms with Gasteiger partial charge in [-0.1, -0.05) is 29.3 Å². The largest absolute Gasteiger partial charge is 0.493 e. The third kappa shape index (κ3) is 4.99. The van der Waals surface area contributed by atoms with E-state index in [-0.39, 0.29) is 11.6 Å². The fourth-order valence-electron chi connectivity index (χ4n) is 4.74. The molecule has 38 heavy (non-hydrogen) atoms. The summed E-state index contributed by atoms with van der Waals surface area (Å²) in [6.45, 7) is 4.35. The molecule has 1 atom stereocenters. The van der Waals surface area contributed by atoms with Crippen LogP contribution in [0.4, 0.5) is 17.1 Å². The van der Waals surface area contributed by atoms with Gasteiger partial charge in [0.05, 0.1) is 43.8 Å². The molecule has 0 aliphatic carbocycles. The highest BCUT2D eigenvalue weighted by Gasteiger charge is 2.40. The molecule has 10 heteroatoms. The van der Waals surface area contributed by atoms with E-state index in [9.17, 15) is 4.79 Å². The Bertz CT molecular complexity index is 1360. The average Bonchev–Trinajstić information content (AvgIpc) is 3.34. The number of carbonyl (C=O) groups excluding carboxylic acids is 1. The molecule has 198 valence electrons. The maximum absolute atomic E-state index is 12.9. The number of nitrogens with zero attached hydrogens (tertiary/aromatic N) is 4. The summed E-state index contributed by atoms with van der Waals surface area (Å²) in [6.07, 6.45) is -0.514. The number of methoxy groups -OCH3 is 2. The minimum Gasteiger partial charge on any atom is -0.493 e. The Kier molecular flexibility index (Phi) is 7.65. The summed E-state index contributed by atoms with van der Waals surface area (Å²) in [7, 11) is 3.18. The summed E-state index contributed by atoms with van der Waals surface area (Å²) in [5.74, 6) is 1.28. The number of hydrogen-bond donors (Lipinski definition) is 0. The number of benzene rings is 3.